The van der Waals surface area contributed by atoms with E-state index in [1.165, 1.54) is 25.1 Å². The minimum atomic E-state index is 0.403. The van der Waals surface area contributed by atoms with Gasteiger partial charge in [0.25, 0.3) is 0 Å². The fraction of sp³-hybridized carbons (Fsp3) is 0. The molecular weight excluding hydrogens is 560 g/mol. The Morgan fingerprint density at radius 1 is 0.386 bits per heavy atom. The first-order chi connectivity index (χ1) is 21.8. The van der Waals surface area contributed by atoms with Crippen LogP contribution in [0.5, 0.6) is 0 Å². The first kappa shape index (κ1) is 24.1. The first-order valence-electron chi connectivity index (χ1n) is 13.6. The molecule has 9 heterocycles. The van der Waals surface area contributed by atoms with E-state index in [9.17, 15) is 0 Å². The number of aromatic amines is 2. The Kier molecular flexibility index (Phi) is 5.19. The minimum Gasteiger partial charge on any atom is -0.444 e. The zero-order valence-corrected chi connectivity index (χ0v) is 22.6. The lowest BCUT2D eigenvalue weighted by Crippen LogP contribution is -1.89. The third kappa shape index (κ3) is 3.78. The minimum absolute atomic E-state index is 0.403. The second-order valence-corrected chi connectivity index (χ2v) is 9.85. The molecule has 7 aromatic rings. The normalized spacial score (nSPS) is 12.4. The van der Waals surface area contributed by atoms with Crippen LogP contribution in [0.4, 0.5) is 0 Å². The van der Waals surface area contributed by atoms with Gasteiger partial charge in [-0.2, -0.15) is 0 Å². The SMILES string of the molecule is C1=Cc2nc1c(-c1ncco1)c1ccc([nH]1)c(-c1ncco1)c1nc(c(-c3ncco3)c3ccc([nH]3)c2-c2ncco2)C=C1. The molecule has 44 heavy (non-hydrogen) atoms. The highest BCUT2D eigenvalue weighted by atomic mass is 16.3. The molecule has 2 aliphatic heterocycles. The standard InChI is InChI=1S/C32H18N8O4/c1-2-18-26(30-34-10-14-42-30)20-5-6-22(39-20)28(32-36-12-16-44-32)24-8-7-23(40-24)27(31-35-11-15-43-31)21-4-3-19(38-21)25(17(1)37-18)29-33-9-13-41-29/h1-16,37,40H. The lowest BCUT2D eigenvalue weighted by molar-refractivity contribution is 0.574. The van der Waals surface area contributed by atoms with Crippen LogP contribution >= 0.6 is 0 Å². The Labute approximate surface area is 246 Å². The summed E-state index contributed by atoms with van der Waals surface area (Å²) in [5.41, 5.74) is 8.11. The summed E-state index contributed by atoms with van der Waals surface area (Å²) in [5, 5.41) is 0. The highest BCUT2D eigenvalue weighted by Gasteiger charge is 2.22. The first-order valence-corrected chi connectivity index (χ1v) is 13.6. The van der Waals surface area contributed by atoms with Gasteiger partial charge in [-0.15, -0.1) is 0 Å². The maximum atomic E-state index is 5.78. The van der Waals surface area contributed by atoms with Crippen molar-refractivity contribution in [3.8, 4) is 45.8 Å². The Morgan fingerprint density at radius 3 is 0.886 bits per heavy atom. The number of oxazole rings is 4. The molecule has 0 spiro atoms. The average Bonchev–Trinajstić information content (AvgIpc) is 3.90. The lowest BCUT2D eigenvalue weighted by Gasteiger charge is -2.01. The second-order valence-electron chi connectivity index (χ2n) is 9.85. The Hall–Kier alpha value is -6.56. The number of hydrogen-bond acceptors (Lipinski definition) is 10. The number of nitrogens with zero attached hydrogens (tertiary/aromatic N) is 6. The van der Waals surface area contributed by atoms with Crippen molar-refractivity contribution >= 4 is 46.4 Å². The molecule has 0 aromatic carbocycles. The smallest absolute Gasteiger partial charge is 0.230 e. The van der Waals surface area contributed by atoms with Crippen molar-refractivity contribution < 1.29 is 17.7 Å². The molecule has 12 nitrogen and oxygen atoms in total. The molecule has 0 amide bonds. The zero-order valence-electron chi connectivity index (χ0n) is 22.6. The monoisotopic (exact) mass is 578 g/mol. The largest absolute Gasteiger partial charge is 0.444 e. The average molecular weight is 579 g/mol. The van der Waals surface area contributed by atoms with Gasteiger partial charge in [0.2, 0.25) is 23.6 Å². The predicted octanol–water partition coefficient (Wildman–Crippen LogP) is 7.28. The summed E-state index contributed by atoms with van der Waals surface area (Å²) >= 11 is 0. The molecule has 0 saturated carbocycles. The van der Waals surface area contributed by atoms with Crippen molar-refractivity contribution in [1.82, 2.24) is 39.9 Å². The fourth-order valence-corrected chi connectivity index (χ4v) is 5.49. The van der Waals surface area contributed by atoms with E-state index in [1.807, 2.05) is 48.6 Å². The molecule has 12 heteroatoms. The number of rotatable bonds is 4. The Balaban J connectivity index is 1.49. The third-order valence-electron chi connectivity index (χ3n) is 7.34. The van der Waals surface area contributed by atoms with Crippen molar-refractivity contribution in [1.29, 1.82) is 0 Å². The van der Waals surface area contributed by atoms with E-state index < -0.39 is 0 Å². The number of hydrogen-bond donors (Lipinski definition) is 2. The number of fused-ring (bicyclic) bond motifs is 8. The molecule has 0 fully saturated rings. The van der Waals surface area contributed by atoms with Crippen molar-refractivity contribution in [3.05, 3.63) is 96.9 Å². The van der Waals surface area contributed by atoms with Gasteiger partial charge in [0.15, 0.2) is 0 Å². The van der Waals surface area contributed by atoms with E-state index in [4.69, 9.17) is 27.6 Å². The summed E-state index contributed by atoms with van der Waals surface area (Å²) in [7, 11) is 0. The molecule has 0 radical (unpaired) electrons. The Bertz CT molecular complexity index is 2050. The fourth-order valence-electron chi connectivity index (χ4n) is 5.49. The van der Waals surface area contributed by atoms with Gasteiger partial charge in [0.1, 0.15) is 25.1 Å². The molecule has 0 saturated heterocycles. The van der Waals surface area contributed by atoms with E-state index in [1.54, 1.807) is 24.8 Å². The number of H-pyrrole nitrogens is 2. The van der Waals surface area contributed by atoms with Crippen molar-refractivity contribution in [2.45, 2.75) is 0 Å². The lowest BCUT2D eigenvalue weighted by atomic mass is 10.2. The molecule has 2 aliphatic rings. The van der Waals surface area contributed by atoms with E-state index in [0.29, 0.717) is 68.6 Å². The van der Waals surface area contributed by atoms with Crippen LogP contribution in [-0.2, 0) is 0 Å². The second kappa shape index (κ2) is 9.49. The third-order valence-corrected chi connectivity index (χ3v) is 7.34. The summed E-state index contributed by atoms with van der Waals surface area (Å²) in [4.78, 5) is 34.9. The van der Waals surface area contributed by atoms with Crippen LogP contribution in [0, 0.1) is 0 Å². The van der Waals surface area contributed by atoms with Gasteiger partial charge < -0.3 is 27.6 Å². The van der Waals surface area contributed by atoms with Crippen LogP contribution in [0.1, 0.15) is 22.8 Å². The quantitative estimate of drug-likeness (QED) is 0.217. The molecule has 8 bridgehead atoms. The van der Waals surface area contributed by atoms with Crippen LogP contribution in [0.2, 0.25) is 0 Å². The van der Waals surface area contributed by atoms with Crippen LogP contribution in [0.3, 0.4) is 0 Å². The molecule has 210 valence electrons. The highest BCUT2D eigenvalue weighted by Crippen LogP contribution is 2.37. The van der Waals surface area contributed by atoms with Crippen LogP contribution in [0.15, 0.2) is 91.8 Å². The van der Waals surface area contributed by atoms with Crippen molar-refractivity contribution in [2.24, 2.45) is 0 Å². The Morgan fingerprint density at radius 2 is 0.659 bits per heavy atom. The number of aromatic nitrogens is 8. The van der Waals surface area contributed by atoms with E-state index >= 15 is 0 Å². The van der Waals surface area contributed by atoms with Crippen molar-refractivity contribution in [3.63, 3.8) is 0 Å². The predicted molar refractivity (Wildman–Crippen MR) is 161 cm³/mol. The van der Waals surface area contributed by atoms with Gasteiger partial charge in [-0.25, -0.2) is 29.9 Å². The van der Waals surface area contributed by atoms with Gasteiger partial charge in [0, 0.05) is 0 Å². The highest BCUT2D eigenvalue weighted by molar-refractivity contribution is 5.97. The summed E-state index contributed by atoms with van der Waals surface area (Å²) in [6.45, 7) is 0. The maximum absolute atomic E-state index is 5.78. The van der Waals surface area contributed by atoms with Crippen LogP contribution in [0.25, 0.3) is 92.2 Å². The molecule has 2 N–H and O–H groups in total. The zero-order chi connectivity index (χ0) is 29.0. The van der Waals surface area contributed by atoms with Gasteiger partial charge in [0.05, 0.1) is 91.9 Å². The maximum Gasteiger partial charge on any atom is 0.230 e. The molecule has 7 aromatic heterocycles. The summed E-state index contributed by atoms with van der Waals surface area (Å²) in [6.07, 6.45) is 20.2. The molecule has 0 unspecified atom stereocenters. The van der Waals surface area contributed by atoms with E-state index in [0.717, 1.165) is 22.1 Å². The van der Waals surface area contributed by atoms with E-state index in [2.05, 4.69) is 29.9 Å². The topological polar surface area (TPSA) is 161 Å². The van der Waals surface area contributed by atoms with Crippen LogP contribution < -0.4 is 0 Å². The van der Waals surface area contributed by atoms with Gasteiger partial charge in [-0.1, -0.05) is 0 Å². The number of nitrogens with one attached hydrogen (secondary N) is 2. The van der Waals surface area contributed by atoms with Gasteiger partial charge >= 0.3 is 0 Å². The molecular formula is C32H18N8O4. The molecule has 0 atom stereocenters. The van der Waals surface area contributed by atoms with Crippen molar-refractivity contribution in [2.75, 3.05) is 0 Å². The summed E-state index contributed by atoms with van der Waals surface area (Å²) in [6, 6.07) is 7.75. The molecule has 9 rings (SSSR count). The van der Waals surface area contributed by atoms with Gasteiger partial charge in [-0.3, -0.25) is 0 Å². The van der Waals surface area contributed by atoms with E-state index in [-0.39, 0.29) is 0 Å². The van der Waals surface area contributed by atoms with Crippen LogP contribution in [-0.4, -0.2) is 39.9 Å². The van der Waals surface area contributed by atoms with Gasteiger partial charge in [-0.05, 0) is 48.6 Å². The summed E-state index contributed by atoms with van der Waals surface area (Å²) < 4.78 is 23.1. The molecule has 0 aliphatic carbocycles. The summed E-state index contributed by atoms with van der Waals surface area (Å²) in [5.74, 6) is 1.61.